The predicted molar refractivity (Wildman–Crippen MR) is 88.0 cm³/mol. The van der Waals surface area contributed by atoms with Crippen LogP contribution in [0.25, 0.3) is 0 Å². The van der Waals surface area contributed by atoms with E-state index in [2.05, 4.69) is 0 Å². The molecule has 1 aromatic carbocycles. The van der Waals surface area contributed by atoms with E-state index in [1.54, 1.807) is 4.90 Å². The van der Waals surface area contributed by atoms with Crippen molar-refractivity contribution >= 4 is 11.6 Å². The third-order valence-electron chi connectivity index (χ3n) is 4.50. The maximum absolute atomic E-state index is 12.4. The first-order chi connectivity index (χ1) is 11.1. The van der Waals surface area contributed by atoms with Gasteiger partial charge in [0, 0.05) is 12.6 Å². The molecule has 6 nitrogen and oxygen atoms in total. The van der Waals surface area contributed by atoms with Gasteiger partial charge in [0.2, 0.25) is 12.7 Å². The molecule has 0 aliphatic carbocycles. The quantitative estimate of drug-likeness (QED) is 0.836. The van der Waals surface area contributed by atoms with Crippen molar-refractivity contribution in [2.24, 2.45) is 10.7 Å². The van der Waals surface area contributed by atoms with Crippen molar-refractivity contribution in [1.82, 2.24) is 4.90 Å². The van der Waals surface area contributed by atoms with Crippen molar-refractivity contribution in [3.8, 4) is 11.5 Å². The molecule has 0 saturated carbocycles. The average molecular weight is 317 g/mol. The van der Waals surface area contributed by atoms with Crippen molar-refractivity contribution in [2.45, 2.75) is 38.3 Å². The number of aliphatic imine (C=N–C) groups is 1. The Labute approximate surface area is 136 Å². The highest BCUT2D eigenvalue weighted by Gasteiger charge is 2.33. The second-order valence-electron chi connectivity index (χ2n) is 6.01. The first-order valence-electron chi connectivity index (χ1n) is 8.06. The molecule has 6 heteroatoms. The number of amides is 1. The number of nitrogens with zero attached hydrogens (tertiary/aromatic N) is 2. The zero-order chi connectivity index (χ0) is 16.4. The van der Waals surface area contributed by atoms with Crippen LogP contribution in [0.1, 0.15) is 31.7 Å². The molecule has 1 amide bonds. The Hall–Kier alpha value is -2.08. The molecule has 2 aliphatic heterocycles. The Bertz CT molecular complexity index is 630. The lowest BCUT2D eigenvalue weighted by molar-refractivity contribution is -0.132. The molecule has 2 aliphatic rings. The van der Waals surface area contributed by atoms with Crippen LogP contribution >= 0.6 is 0 Å². The Morgan fingerprint density at radius 2 is 2.09 bits per heavy atom. The van der Waals surface area contributed by atoms with Crippen LogP contribution in [-0.4, -0.2) is 49.0 Å². The van der Waals surface area contributed by atoms with Crippen molar-refractivity contribution in [3.63, 3.8) is 0 Å². The molecule has 23 heavy (non-hydrogen) atoms. The summed E-state index contributed by atoms with van der Waals surface area (Å²) in [7, 11) is 1.84. The number of benzene rings is 1. The van der Waals surface area contributed by atoms with Crippen LogP contribution in [0.5, 0.6) is 11.5 Å². The SMILES string of the molecule is CC1C(c2ccc3c(c2)OCO3)=N[C@@H](CCCCN)C(=O)N1C. The standard InChI is InChI=1S/C17H23N3O3/c1-11-16(12-6-7-14-15(9-12)23-10-22-14)19-13(5-3-4-8-18)17(21)20(11)2/h6-7,9,11,13H,3-5,8,10,18H2,1-2H3/t11?,13-/m0/s1. The molecule has 2 heterocycles. The minimum atomic E-state index is -0.317. The maximum atomic E-state index is 12.4. The molecule has 0 spiro atoms. The van der Waals surface area contributed by atoms with Crippen LogP contribution in [0.4, 0.5) is 0 Å². The van der Waals surface area contributed by atoms with E-state index in [1.165, 1.54) is 0 Å². The minimum absolute atomic E-state index is 0.0615. The monoisotopic (exact) mass is 317 g/mol. The van der Waals surface area contributed by atoms with Gasteiger partial charge in [0.25, 0.3) is 0 Å². The summed E-state index contributed by atoms with van der Waals surface area (Å²) in [5.41, 5.74) is 7.44. The minimum Gasteiger partial charge on any atom is -0.454 e. The molecule has 1 unspecified atom stereocenters. The van der Waals surface area contributed by atoms with E-state index >= 15 is 0 Å². The largest absolute Gasteiger partial charge is 0.454 e. The van der Waals surface area contributed by atoms with E-state index in [0.29, 0.717) is 6.54 Å². The smallest absolute Gasteiger partial charge is 0.247 e. The van der Waals surface area contributed by atoms with Gasteiger partial charge in [-0.2, -0.15) is 0 Å². The number of nitrogens with two attached hydrogens (primary N) is 1. The van der Waals surface area contributed by atoms with Crippen LogP contribution in [-0.2, 0) is 4.79 Å². The van der Waals surface area contributed by atoms with Gasteiger partial charge in [-0.1, -0.05) is 0 Å². The van der Waals surface area contributed by atoms with Crippen molar-refractivity contribution in [1.29, 1.82) is 0 Å². The summed E-state index contributed by atoms with van der Waals surface area (Å²) in [4.78, 5) is 19.0. The summed E-state index contributed by atoms with van der Waals surface area (Å²) in [6.45, 7) is 2.89. The Morgan fingerprint density at radius 3 is 2.87 bits per heavy atom. The molecular formula is C17H23N3O3. The van der Waals surface area contributed by atoms with Gasteiger partial charge in [-0.25, -0.2) is 0 Å². The lowest BCUT2D eigenvalue weighted by atomic mass is 9.97. The second kappa shape index (κ2) is 6.58. The Morgan fingerprint density at radius 1 is 1.30 bits per heavy atom. The maximum Gasteiger partial charge on any atom is 0.247 e. The van der Waals surface area contributed by atoms with Crippen LogP contribution < -0.4 is 15.2 Å². The molecule has 0 saturated heterocycles. The van der Waals surface area contributed by atoms with E-state index in [0.717, 1.165) is 42.0 Å². The molecule has 0 aromatic heterocycles. The predicted octanol–water partition coefficient (Wildman–Crippen LogP) is 1.56. The average Bonchev–Trinajstić information content (AvgIpc) is 3.02. The lowest BCUT2D eigenvalue weighted by Crippen LogP contribution is -2.49. The fourth-order valence-corrected chi connectivity index (χ4v) is 2.98. The molecule has 3 rings (SSSR count). The summed E-state index contributed by atoms with van der Waals surface area (Å²) in [5.74, 6) is 1.57. The van der Waals surface area contributed by atoms with Crippen molar-refractivity contribution in [3.05, 3.63) is 23.8 Å². The van der Waals surface area contributed by atoms with Gasteiger partial charge in [0.15, 0.2) is 11.5 Å². The lowest BCUT2D eigenvalue weighted by Gasteiger charge is -2.34. The molecule has 0 fully saturated rings. The van der Waals surface area contributed by atoms with E-state index in [1.807, 2.05) is 32.2 Å². The number of carbonyl (C=O) groups is 1. The number of likely N-dealkylation sites (N-methyl/N-ethyl adjacent to an activating group) is 1. The first-order valence-corrected chi connectivity index (χ1v) is 8.06. The summed E-state index contributed by atoms with van der Waals surface area (Å²) in [6, 6.07) is 5.44. The Balaban J connectivity index is 1.88. The molecule has 1 aromatic rings. The number of hydrogen-bond donors (Lipinski definition) is 1. The van der Waals surface area contributed by atoms with E-state index < -0.39 is 0 Å². The van der Waals surface area contributed by atoms with Gasteiger partial charge in [0.05, 0.1) is 11.8 Å². The summed E-state index contributed by atoms with van der Waals surface area (Å²) in [6.07, 6.45) is 2.56. The number of fused-ring (bicyclic) bond motifs is 1. The van der Waals surface area contributed by atoms with Crippen LogP contribution in [0.15, 0.2) is 23.2 Å². The fraction of sp³-hybridized carbons (Fsp3) is 0.529. The Kier molecular flexibility index (Phi) is 4.52. The van der Waals surface area contributed by atoms with Crippen LogP contribution in [0, 0.1) is 0 Å². The van der Waals surface area contributed by atoms with Gasteiger partial charge in [0.1, 0.15) is 6.04 Å². The molecular weight excluding hydrogens is 294 g/mol. The first kappa shape index (κ1) is 15.8. The van der Waals surface area contributed by atoms with E-state index in [-0.39, 0.29) is 24.8 Å². The van der Waals surface area contributed by atoms with E-state index in [9.17, 15) is 4.79 Å². The van der Waals surface area contributed by atoms with Gasteiger partial charge < -0.3 is 20.1 Å². The zero-order valence-electron chi connectivity index (χ0n) is 13.6. The molecule has 0 bridgehead atoms. The molecule has 2 atom stereocenters. The van der Waals surface area contributed by atoms with E-state index in [4.69, 9.17) is 20.2 Å². The topological polar surface area (TPSA) is 77.1 Å². The normalized spacial score (nSPS) is 23.2. The number of hydrogen-bond acceptors (Lipinski definition) is 5. The van der Waals surface area contributed by atoms with Gasteiger partial charge in [-0.05, 0) is 50.9 Å². The highest BCUT2D eigenvalue weighted by molar-refractivity contribution is 6.09. The van der Waals surface area contributed by atoms with Gasteiger partial charge >= 0.3 is 0 Å². The third kappa shape index (κ3) is 3.03. The van der Waals surface area contributed by atoms with Crippen molar-refractivity contribution < 1.29 is 14.3 Å². The number of ether oxygens (including phenoxy) is 2. The third-order valence-corrected chi connectivity index (χ3v) is 4.50. The fourth-order valence-electron chi connectivity index (χ4n) is 2.98. The molecule has 0 radical (unpaired) electrons. The highest BCUT2D eigenvalue weighted by atomic mass is 16.7. The summed E-state index contributed by atoms with van der Waals surface area (Å²) >= 11 is 0. The number of unbranched alkanes of at least 4 members (excludes halogenated alkanes) is 1. The zero-order valence-corrected chi connectivity index (χ0v) is 13.6. The molecule has 124 valence electrons. The van der Waals surface area contributed by atoms with Crippen LogP contribution in [0.2, 0.25) is 0 Å². The molecule has 2 N–H and O–H groups in total. The number of carbonyl (C=O) groups excluding carboxylic acids is 1. The van der Waals surface area contributed by atoms with Gasteiger partial charge in [-0.15, -0.1) is 0 Å². The van der Waals surface area contributed by atoms with Crippen molar-refractivity contribution in [2.75, 3.05) is 20.4 Å². The summed E-state index contributed by atoms with van der Waals surface area (Å²) in [5, 5.41) is 0. The van der Waals surface area contributed by atoms with Crippen LogP contribution in [0.3, 0.4) is 0 Å². The van der Waals surface area contributed by atoms with Gasteiger partial charge in [-0.3, -0.25) is 9.79 Å². The summed E-state index contributed by atoms with van der Waals surface area (Å²) < 4.78 is 10.8. The second-order valence-corrected chi connectivity index (χ2v) is 6.01. The highest BCUT2D eigenvalue weighted by Crippen LogP contribution is 2.33. The number of rotatable bonds is 5.